The number of halogens is 5. The first kappa shape index (κ1) is 20.7. The van der Waals surface area contributed by atoms with Gasteiger partial charge in [-0.1, -0.05) is 12.1 Å². The van der Waals surface area contributed by atoms with Gasteiger partial charge in [-0.3, -0.25) is 0 Å². The highest BCUT2D eigenvalue weighted by molar-refractivity contribution is 5.35. The van der Waals surface area contributed by atoms with Gasteiger partial charge in [-0.25, -0.2) is 8.78 Å². The van der Waals surface area contributed by atoms with Crippen molar-refractivity contribution in [1.82, 2.24) is 5.32 Å². The molecule has 2 aromatic rings. The van der Waals surface area contributed by atoms with Crippen LogP contribution in [0.2, 0.25) is 0 Å². The smallest absolute Gasteiger partial charge is 0.390 e. The quantitative estimate of drug-likeness (QED) is 0.624. The fourth-order valence-electron chi connectivity index (χ4n) is 3.27. The van der Waals surface area contributed by atoms with E-state index in [1.165, 1.54) is 6.07 Å². The predicted molar refractivity (Wildman–Crippen MR) is 94.4 cm³/mol. The van der Waals surface area contributed by atoms with Crippen LogP contribution in [0.1, 0.15) is 29.5 Å². The largest absolute Gasteiger partial charge is 0.416 e. The summed E-state index contributed by atoms with van der Waals surface area (Å²) in [5.74, 6) is -1.45. The van der Waals surface area contributed by atoms with Crippen molar-refractivity contribution in [2.75, 3.05) is 6.54 Å². The number of hydrogen-bond donors (Lipinski definition) is 3. The van der Waals surface area contributed by atoms with E-state index in [0.717, 1.165) is 30.3 Å². The van der Waals surface area contributed by atoms with E-state index in [9.17, 15) is 27.1 Å². The van der Waals surface area contributed by atoms with Crippen LogP contribution in [0.4, 0.5) is 22.0 Å². The summed E-state index contributed by atoms with van der Waals surface area (Å²) in [7, 11) is 0. The number of aliphatic hydroxyl groups is 1. The third-order valence-corrected chi connectivity index (χ3v) is 5.03. The summed E-state index contributed by atoms with van der Waals surface area (Å²) in [5.41, 5.74) is 5.43. The minimum absolute atomic E-state index is 0.0508. The Labute approximate surface area is 159 Å². The summed E-state index contributed by atoms with van der Waals surface area (Å²) in [6, 6.07) is 7.37. The van der Waals surface area contributed by atoms with Gasteiger partial charge in [-0.15, -0.1) is 0 Å². The minimum atomic E-state index is -4.42. The van der Waals surface area contributed by atoms with E-state index in [0.29, 0.717) is 24.0 Å². The van der Waals surface area contributed by atoms with Gasteiger partial charge in [0.05, 0.1) is 11.7 Å². The lowest BCUT2D eigenvalue weighted by atomic mass is 9.99. The van der Waals surface area contributed by atoms with Crippen molar-refractivity contribution in [3.8, 4) is 0 Å². The monoisotopic (exact) mass is 400 g/mol. The van der Waals surface area contributed by atoms with Crippen LogP contribution < -0.4 is 11.1 Å². The Hall–Kier alpha value is -2.03. The second-order valence-corrected chi connectivity index (χ2v) is 7.25. The number of benzene rings is 2. The van der Waals surface area contributed by atoms with Crippen LogP contribution in [0.15, 0.2) is 42.5 Å². The number of aliphatic hydroxyl groups excluding tert-OH is 1. The molecule has 2 unspecified atom stereocenters. The highest BCUT2D eigenvalue weighted by Gasteiger charge is 2.45. The number of nitrogens with two attached hydrogens (primary N) is 1. The molecule has 8 heteroatoms. The Morgan fingerprint density at radius 2 is 1.71 bits per heavy atom. The summed E-state index contributed by atoms with van der Waals surface area (Å²) >= 11 is 0. The molecule has 3 nitrogen and oxygen atoms in total. The fourth-order valence-corrected chi connectivity index (χ4v) is 3.27. The minimum Gasteiger partial charge on any atom is -0.390 e. The van der Waals surface area contributed by atoms with E-state index in [1.54, 1.807) is 6.07 Å². The molecule has 2 atom stereocenters. The van der Waals surface area contributed by atoms with E-state index < -0.39 is 41.1 Å². The van der Waals surface area contributed by atoms with Gasteiger partial charge in [0.1, 0.15) is 11.6 Å². The van der Waals surface area contributed by atoms with E-state index in [1.807, 2.05) is 0 Å². The molecule has 1 saturated carbocycles. The molecule has 28 heavy (non-hydrogen) atoms. The maximum absolute atomic E-state index is 13.3. The molecule has 152 valence electrons. The van der Waals surface area contributed by atoms with Gasteiger partial charge in [0.15, 0.2) is 0 Å². The van der Waals surface area contributed by atoms with E-state index >= 15 is 0 Å². The zero-order valence-corrected chi connectivity index (χ0v) is 14.9. The predicted octanol–water partition coefficient (Wildman–Crippen LogP) is 3.49. The Morgan fingerprint density at radius 1 is 1.07 bits per heavy atom. The summed E-state index contributed by atoms with van der Waals surface area (Å²) in [6.45, 7) is 0.0508. The van der Waals surface area contributed by atoms with Crippen LogP contribution in [-0.4, -0.2) is 23.8 Å². The Morgan fingerprint density at radius 3 is 2.29 bits per heavy atom. The topological polar surface area (TPSA) is 58.3 Å². The van der Waals surface area contributed by atoms with Crippen molar-refractivity contribution in [2.45, 2.75) is 43.1 Å². The van der Waals surface area contributed by atoms with Gasteiger partial charge >= 0.3 is 6.18 Å². The van der Waals surface area contributed by atoms with Gasteiger partial charge in [0.2, 0.25) is 0 Å². The summed E-state index contributed by atoms with van der Waals surface area (Å²) in [6.07, 6.45) is -4.10. The number of hydrogen-bond acceptors (Lipinski definition) is 3. The van der Waals surface area contributed by atoms with Crippen LogP contribution in [0.25, 0.3) is 0 Å². The molecule has 0 aromatic heterocycles. The molecule has 0 spiro atoms. The van der Waals surface area contributed by atoms with Gasteiger partial charge in [0, 0.05) is 24.2 Å². The fraction of sp³-hybridized carbons (Fsp3) is 0.400. The van der Waals surface area contributed by atoms with Crippen molar-refractivity contribution >= 4 is 0 Å². The zero-order chi connectivity index (χ0) is 20.5. The Bertz CT molecular complexity index is 815. The van der Waals surface area contributed by atoms with Crippen LogP contribution in [0, 0.1) is 11.6 Å². The first-order chi connectivity index (χ1) is 13.1. The lowest BCUT2D eigenvalue weighted by Crippen LogP contribution is -2.45. The zero-order valence-electron chi connectivity index (χ0n) is 14.9. The Kier molecular flexibility index (Phi) is 5.74. The molecule has 2 aromatic carbocycles. The molecule has 0 amide bonds. The van der Waals surface area contributed by atoms with Crippen molar-refractivity contribution in [3.63, 3.8) is 0 Å². The first-order valence-corrected chi connectivity index (χ1v) is 8.90. The molecule has 0 aliphatic heterocycles. The number of alkyl halides is 3. The summed E-state index contributed by atoms with van der Waals surface area (Å²) in [5, 5.41) is 13.4. The molecule has 1 fully saturated rings. The first-order valence-electron chi connectivity index (χ1n) is 8.90. The molecular formula is C20H21F5N2O. The highest BCUT2D eigenvalue weighted by Crippen LogP contribution is 2.46. The normalized spacial score (nSPS) is 18.0. The summed E-state index contributed by atoms with van der Waals surface area (Å²) < 4.78 is 65.3. The maximum atomic E-state index is 13.3. The third kappa shape index (κ3) is 4.87. The SMILES string of the molecule is NC(Cc1cc(F)cc(F)c1)C(O)CNC1(c2cccc(C(F)(F)F)c2)CC1. The molecule has 4 N–H and O–H groups in total. The standard InChI is InChI=1S/C20H21F5N2O/c21-15-6-12(7-16(22)10-15)8-17(26)18(28)11-27-19(4-5-19)13-2-1-3-14(9-13)20(23,24)25/h1-3,6-7,9-10,17-18,27-28H,4-5,8,11,26H2. The number of nitrogens with one attached hydrogen (secondary N) is 1. The molecular weight excluding hydrogens is 379 g/mol. The second-order valence-electron chi connectivity index (χ2n) is 7.25. The lowest BCUT2D eigenvalue weighted by molar-refractivity contribution is -0.137. The molecule has 3 rings (SSSR count). The second kappa shape index (κ2) is 7.77. The average Bonchev–Trinajstić information content (AvgIpc) is 3.39. The van der Waals surface area contributed by atoms with E-state index in [4.69, 9.17) is 5.73 Å². The van der Waals surface area contributed by atoms with Gasteiger partial charge in [-0.2, -0.15) is 13.2 Å². The average molecular weight is 400 g/mol. The van der Waals surface area contributed by atoms with Crippen molar-refractivity contribution in [3.05, 3.63) is 70.8 Å². The van der Waals surface area contributed by atoms with Crippen LogP contribution in [0.3, 0.4) is 0 Å². The van der Waals surface area contributed by atoms with Crippen LogP contribution in [0.5, 0.6) is 0 Å². The third-order valence-electron chi connectivity index (χ3n) is 5.03. The van der Waals surface area contributed by atoms with Gasteiger partial charge in [-0.05, 0) is 54.7 Å². The van der Waals surface area contributed by atoms with Crippen molar-refractivity contribution in [2.24, 2.45) is 5.73 Å². The molecule has 0 heterocycles. The Balaban J connectivity index is 1.61. The molecule has 1 aliphatic rings. The van der Waals surface area contributed by atoms with Crippen molar-refractivity contribution in [1.29, 1.82) is 0 Å². The van der Waals surface area contributed by atoms with Crippen LogP contribution in [-0.2, 0) is 18.1 Å². The molecule has 1 aliphatic carbocycles. The lowest BCUT2D eigenvalue weighted by Gasteiger charge is -2.24. The van der Waals surface area contributed by atoms with E-state index in [-0.39, 0.29) is 13.0 Å². The highest BCUT2D eigenvalue weighted by atomic mass is 19.4. The van der Waals surface area contributed by atoms with Gasteiger partial charge in [0.25, 0.3) is 0 Å². The molecule has 0 bridgehead atoms. The molecule has 0 saturated heterocycles. The maximum Gasteiger partial charge on any atom is 0.416 e. The van der Waals surface area contributed by atoms with Gasteiger partial charge < -0.3 is 16.2 Å². The van der Waals surface area contributed by atoms with Crippen LogP contribution >= 0.6 is 0 Å². The molecule has 0 radical (unpaired) electrons. The van der Waals surface area contributed by atoms with Crippen molar-refractivity contribution < 1.29 is 27.1 Å². The number of rotatable bonds is 7. The summed E-state index contributed by atoms with van der Waals surface area (Å²) in [4.78, 5) is 0. The van der Waals surface area contributed by atoms with E-state index in [2.05, 4.69) is 5.32 Å².